The molecule has 1 heterocycles. The van der Waals surface area contributed by atoms with Gasteiger partial charge >= 0.3 is 0 Å². The Morgan fingerprint density at radius 1 is 0.857 bits per heavy atom. The van der Waals surface area contributed by atoms with E-state index in [0.717, 1.165) is 4.90 Å². The minimum atomic E-state index is -3.85. The maximum atomic E-state index is 12.9. The van der Waals surface area contributed by atoms with Crippen molar-refractivity contribution in [2.24, 2.45) is 5.14 Å². The summed E-state index contributed by atoms with van der Waals surface area (Å²) in [6.07, 6.45) is 0. The number of carbonyl (C=O) groups is 3. The lowest BCUT2D eigenvalue weighted by Crippen LogP contribution is -2.32. The summed E-state index contributed by atoms with van der Waals surface area (Å²) in [6.45, 7) is 0. The van der Waals surface area contributed by atoms with Crippen molar-refractivity contribution in [3.63, 3.8) is 0 Å². The summed E-state index contributed by atoms with van der Waals surface area (Å²) in [4.78, 5) is 39.0. The number of hydrogen-bond donors (Lipinski definition) is 3. The van der Waals surface area contributed by atoms with Gasteiger partial charge in [0, 0.05) is 22.0 Å². The van der Waals surface area contributed by atoms with Crippen molar-refractivity contribution in [1.29, 1.82) is 0 Å². The van der Waals surface area contributed by atoms with Crippen molar-refractivity contribution in [3.8, 4) is 0 Å². The smallest absolute Gasteiger partial charge is 0.283 e. The van der Waals surface area contributed by atoms with E-state index in [1.54, 1.807) is 30.3 Å². The number of amides is 3. The second-order valence-electron chi connectivity index (χ2n) is 7.34. The number of nitrogens with one attached hydrogen (secondary N) is 2. The first kappa shape index (κ1) is 24.4. The summed E-state index contributed by atoms with van der Waals surface area (Å²) in [6, 6.07) is 17.7. The molecule has 12 heteroatoms. The molecule has 4 N–H and O–H groups in total. The van der Waals surface area contributed by atoms with E-state index in [1.807, 2.05) is 0 Å². The van der Waals surface area contributed by atoms with Crippen LogP contribution in [0.3, 0.4) is 0 Å². The standard InChI is InChI=1S/C23H16Cl2N4O5S/c24-14-4-2-6-17(12-14)29-22(31)19(25)20(23(29)32)27-16-5-1-3-13(11-16)21(30)28-15-7-9-18(10-8-15)35(26,33)34/h1-12,27H,(H,28,30)(H2,26,33,34). The molecule has 0 spiro atoms. The van der Waals surface area contributed by atoms with Gasteiger partial charge < -0.3 is 10.6 Å². The SMILES string of the molecule is NS(=O)(=O)c1ccc(NC(=O)c2cccc(NC3=C(Cl)C(=O)N(c4cccc(Cl)c4)C3=O)c2)cc1. The molecule has 0 atom stereocenters. The molecule has 0 aliphatic carbocycles. The summed E-state index contributed by atoms with van der Waals surface area (Å²) < 4.78 is 22.7. The average molecular weight is 531 g/mol. The molecule has 0 aromatic heterocycles. The molecule has 9 nitrogen and oxygen atoms in total. The van der Waals surface area contributed by atoms with Gasteiger partial charge in [0.15, 0.2) is 0 Å². The summed E-state index contributed by atoms with van der Waals surface area (Å²) in [5.74, 6) is -1.88. The third-order valence-corrected chi connectivity index (χ3v) is 6.44. The molecule has 0 fully saturated rings. The van der Waals surface area contributed by atoms with Crippen molar-refractivity contribution in [3.05, 3.63) is 94.1 Å². The number of halogens is 2. The molecule has 0 saturated carbocycles. The van der Waals surface area contributed by atoms with E-state index in [-0.39, 0.29) is 26.9 Å². The summed E-state index contributed by atoms with van der Waals surface area (Å²) in [7, 11) is -3.85. The third-order valence-electron chi connectivity index (χ3n) is 4.93. The van der Waals surface area contributed by atoms with E-state index in [4.69, 9.17) is 28.3 Å². The van der Waals surface area contributed by atoms with Gasteiger partial charge in [0.2, 0.25) is 10.0 Å². The number of rotatable bonds is 6. The molecule has 0 saturated heterocycles. The van der Waals surface area contributed by atoms with Gasteiger partial charge in [0.05, 0.1) is 10.6 Å². The number of benzene rings is 3. The Morgan fingerprint density at radius 3 is 2.20 bits per heavy atom. The molecule has 1 aliphatic heterocycles. The van der Waals surface area contributed by atoms with E-state index in [0.29, 0.717) is 16.4 Å². The highest BCUT2D eigenvalue weighted by molar-refractivity contribution is 7.89. The zero-order valence-electron chi connectivity index (χ0n) is 17.7. The normalized spacial score (nSPS) is 13.9. The average Bonchev–Trinajstić information content (AvgIpc) is 3.02. The molecular weight excluding hydrogens is 515 g/mol. The number of imide groups is 1. The Hall–Kier alpha value is -3.70. The second-order valence-corrected chi connectivity index (χ2v) is 9.72. The monoisotopic (exact) mass is 530 g/mol. The predicted octanol–water partition coefficient (Wildman–Crippen LogP) is 3.68. The van der Waals surface area contributed by atoms with E-state index in [1.165, 1.54) is 42.5 Å². The number of hydrogen-bond acceptors (Lipinski definition) is 6. The molecule has 3 aromatic carbocycles. The van der Waals surface area contributed by atoms with E-state index >= 15 is 0 Å². The first-order valence-corrected chi connectivity index (χ1v) is 12.2. The minimum absolute atomic E-state index is 0.0885. The van der Waals surface area contributed by atoms with Crippen LogP contribution in [0.5, 0.6) is 0 Å². The van der Waals surface area contributed by atoms with Crippen molar-refractivity contribution in [2.45, 2.75) is 4.90 Å². The highest BCUT2D eigenvalue weighted by Crippen LogP contribution is 2.31. The van der Waals surface area contributed by atoms with E-state index in [2.05, 4.69) is 10.6 Å². The van der Waals surface area contributed by atoms with Gasteiger partial charge in [-0.2, -0.15) is 0 Å². The topological polar surface area (TPSA) is 139 Å². The van der Waals surface area contributed by atoms with Crippen LogP contribution in [0.4, 0.5) is 17.1 Å². The van der Waals surface area contributed by atoms with Crippen LogP contribution in [-0.2, 0) is 19.6 Å². The molecule has 35 heavy (non-hydrogen) atoms. The number of primary sulfonamides is 1. The zero-order valence-corrected chi connectivity index (χ0v) is 20.0. The van der Waals surface area contributed by atoms with Crippen LogP contribution in [0.25, 0.3) is 0 Å². The lowest BCUT2D eigenvalue weighted by atomic mass is 10.1. The minimum Gasteiger partial charge on any atom is -0.350 e. The quantitative estimate of drug-likeness (QED) is 0.415. The largest absolute Gasteiger partial charge is 0.350 e. The zero-order chi connectivity index (χ0) is 25.3. The lowest BCUT2D eigenvalue weighted by molar-refractivity contribution is -0.120. The predicted molar refractivity (Wildman–Crippen MR) is 133 cm³/mol. The fourth-order valence-corrected chi connectivity index (χ4v) is 4.19. The number of nitrogens with two attached hydrogens (primary N) is 1. The van der Waals surface area contributed by atoms with E-state index < -0.39 is 27.7 Å². The van der Waals surface area contributed by atoms with Crippen LogP contribution < -0.4 is 20.7 Å². The van der Waals surface area contributed by atoms with Crippen LogP contribution in [0, 0.1) is 0 Å². The van der Waals surface area contributed by atoms with Gasteiger partial charge in [0.1, 0.15) is 10.7 Å². The highest BCUT2D eigenvalue weighted by Gasteiger charge is 2.39. The molecule has 1 aliphatic rings. The molecule has 4 rings (SSSR count). The maximum absolute atomic E-state index is 12.9. The van der Waals surface area contributed by atoms with Gasteiger partial charge in [-0.15, -0.1) is 0 Å². The van der Waals surface area contributed by atoms with Crippen LogP contribution >= 0.6 is 23.2 Å². The van der Waals surface area contributed by atoms with Gasteiger partial charge in [0.25, 0.3) is 17.7 Å². The Morgan fingerprint density at radius 2 is 1.54 bits per heavy atom. The lowest BCUT2D eigenvalue weighted by Gasteiger charge is -2.15. The molecule has 3 amide bonds. The van der Waals surface area contributed by atoms with Crippen molar-refractivity contribution in [1.82, 2.24) is 0 Å². The molecular formula is C23H16Cl2N4O5S. The van der Waals surface area contributed by atoms with Crippen LogP contribution in [0.1, 0.15) is 10.4 Å². The number of carbonyl (C=O) groups excluding carboxylic acids is 3. The van der Waals surface area contributed by atoms with Crippen LogP contribution in [-0.4, -0.2) is 26.1 Å². The Labute approximate surface area is 210 Å². The summed E-state index contributed by atoms with van der Waals surface area (Å²) in [5.41, 5.74) is 1.03. The first-order valence-electron chi connectivity index (χ1n) is 9.90. The fraction of sp³-hybridized carbons (Fsp3) is 0. The maximum Gasteiger partial charge on any atom is 0.283 e. The van der Waals surface area contributed by atoms with Gasteiger partial charge in [-0.25, -0.2) is 18.5 Å². The Balaban J connectivity index is 1.51. The Kier molecular flexibility index (Phi) is 6.64. The first-order chi connectivity index (χ1) is 16.5. The van der Waals surface area contributed by atoms with Crippen LogP contribution in [0.2, 0.25) is 5.02 Å². The fourth-order valence-electron chi connectivity index (χ4n) is 3.27. The number of sulfonamides is 1. The van der Waals surface area contributed by atoms with Crippen LogP contribution in [0.15, 0.2) is 88.4 Å². The van der Waals surface area contributed by atoms with Crippen molar-refractivity contribution >= 4 is 68.0 Å². The number of nitrogens with zero attached hydrogens (tertiary/aromatic N) is 1. The van der Waals surface area contributed by atoms with E-state index in [9.17, 15) is 22.8 Å². The van der Waals surface area contributed by atoms with Crippen molar-refractivity contribution in [2.75, 3.05) is 15.5 Å². The number of anilines is 3. The van der Waals surface area contributed by atoms with Gasteiger partial charge in [-0.3, -0.25) is 14.4 Å². The summed E-state index contributed by atoms with van der Waals surface area (Å²) >= 11 is 12.1. The van der Waals surface area contributed by atoms with Crippen molar-refractivity contribution < 1.29 is 22.8 Å². The van der Waals surface area contributed by atoms with Gasteiger partial charge in [-0.05, 0) is 60.7 Å². The molecule has 0 unspecified atom stereocenters. The summed E-state index contributed by atoms with van der Waals surface area (Å²) in [5, 5.41) is 10.6. The molecule has 0 bridgehead atoms. The molecule has 0 radical (unpaired) electrons. The molecule has 178 valence electrons. The highest BCUT2D eigenvalue weighted by atomic mass is 35.5. The second kappa shape index (κ2) is 9.51. The molecule has 3 aromatic rings. The Bertz CT molecular complexity index is 1500. The van der Waals surface area contributed by atoms with Gasteiger partial charge in [-0.1, -0.05) is 35.3 Å². The third kappa shape index (κ3) is 5.20.